The second kappa shape index (κ2) is 5.56. The highest BCUT2D eigenvalue weighted by molar-refractivity contribution is 6.98. The maximum atomic E-state index is 4.69. The van der Waals surface area contributed by atoms with Crippen LogP contribution in [0.1, 0.15) is 33.4 Å². The van der Waals surface area contributed by atoms with Gasteiger partial charge in [-0.25, -0.2) is 4.98 Å². The molecule has 5 aromatic rings. The van der Waals surface area contributed by atoms with E-state index in [0.717, 1.165) is 24.8 Å². The summed E-state index contributed by atoms with van der Waals surface area (Å²) < 4.78 is 2.30. The van der Waals surface area contributed by atoms with Crippen molar-refractivity contribution in [3.05, 3.63) is 113 Å². The van der Waals surface area contributed by atoms with Crippen LogP contribution in [0, 0.1) is 0 Å². The molecule has 0 radical (unpaired) electrons. The Hall–Kier alpha value is -3.59. The predicted octanol–water partition coefficient (Wildman–Crippen LogP) is 3.25. The Labute approximate surface area is 181 Å². The Morgan fingerprint density at radius 1 is 0.613 bits per heavy atom. The van der Waals surface area contributed by atoms with E-state index in [9.17, 15) is 0 Å². The van der Waals surface area contributed by atoms with Gasteiger partial charge in [0.25, 0.3) is 0 Å². The molecule has 0 spiro atoms. The van der Waals surface area contributed by atoms with Gasteiger partial charge in [0.15, 0.2) is 0 Å². The van der Waals surface area contributed by atoms with Gasteiger partial charge in [-0.2, -0.15) is 0 Å². The van der Waals surface area contributed by atoms with Gasteiger partial charge in [0, 0.05) is 0 Å². The number of imidazole rings is 1. The van der Waals surface area contributed by atoms with Crippen molar-refractivity contribution in [2.45, 2.75) is 19.3 Å². The molecule has 0 N–H and O–H groups in total. The van der Waals surface area contributed by atoms with Crippen LogP contribution in [0.4, 0.5) is 0 Å². The Bertz CT molecular complexity index is 1540. The minimum atomic E-state index is 0.383. The topological polar surface area (TPSA) is 17.8 Å². The summed E-state index contributed by atoms with van der Waals surface area (Å²) in [6.07, 6.45) is 5.11. The van der Waals surface area contributed by atoms with Crippen LogP contribution in [0.5, 0.6) is 0 Å². The monoisotopic (exact) mass is 394 g/mol. The molecule has 4 heterocycles. The quantitative estimate of drug-likeness (QED) is 0.391. The summed E-state index contributed by atoms with van der Waals surface area (Å²) in [6, 6.07) is 27.1. The highest BCUT2D eigenvalue weighted by Gasteiger charge is 2.42. The van der Waals surface area contributed by atoms with E-state index < -0.39 is 0 Å². The number of para-hydroxylation sites is 2. The summed E-state index contributed by atoms with van der Waals surface area (Å²) in [4.78, 5) is 4.69. The maximum absolute atomic E-state index is 4.69. The van der Waals surface area contributed by atoms with E-state index in [1.807, 2.05) is 6.33 Å². The van der Waals surface area contributed by atoms with Crippen LogP contribution in [0.2, 0.25) is 0 Å². The molecular weight excluding hydrogens is 375 g/mol. The number of aromatic nitrogens is 2. The van der Waals surface area contributed by atoms with Crippen molar-refractivity contribution in [2.75, 3.05) is 0 Å². The van der Waals surface area contributed by atoms with Gasteiger partial charge in [-0.05, 0) is 70.8 Å². The zero-order chi connectivity index (χ0) is 20.1. The number of hydrogen-bond acceptors (Lipinski definition) is 1. The van der Waals surface area contributed by atoms with E-state index in [0.29, 0.717) is 6.71 Å². The average Bonchev–Trinajstić information content (AvgIpc) is 3.23. The first-order chi connectivity index (χ1) is 15.4. The summed E-state index contributed by atoms with van der Waals surface area (Å²) in [5.41, 5.74) is 17.3. The molecule has 0 saturated carbocycles. The third-order valence-electron chi connectivity index (χ3n) is 7.70. The number of rotatable bonds is 1. The zero-order valence-corrected chi connectivity index (χ0v) is 17.1. The Morgan fingerprint density at radius 2 is 1.26 bits per heavy atom. The third-order valence-corrected chi connectivity index (χ3v) is 7.70. The van der Waals surface area contributed by atoms with Gasteiger partial charge in [0.05, 0.1) is 16.7 Å². The van der Waals surface area contributed by atoms with E-state index in [4.69, 9.17) is 0 Å². The van der Waals surface area contributed by atoms with Crippen LogP contribution in [0.25, 0.3) is 16.7 Å². The van der Waals surface area contributed by atoms with Crippen molar-refractivity contribution in [1.82, 2.24) is 9.55 Å². The van der Waals surface area contributed by atoms with Gasteiger partial charge >= 0.3 is 0 Å². The average molecular weight is 394 g/mol. The second-order valence-electron chi connectivity index (χ2n) is 9.18. The molecule has 0 atom stereocenters. The van der Waals surface area contributed by atoms with Crippen molar-refractivity contribution in [2.24, 2.45) is 0 Å². The van der Waals surface area contributed by atoms with Crippen LogP contribution in [-0.4, -0.2) is 16.3 Å². The summed E-state index contributed by atoms with van der Waals surface area (Å²) >= 11 is 0. The van der Waals surface area contributed by atoms with Gasteiger partial charge in [-0.15, -0.1) is 0 Å². The van der Waals surface area contributed by atoms with E-state index in [-0.39, 0.29) is 0 Å². The molecule has 3 heteroatoms. The first kappa shape index (κ1) is 16.2. The van der Waals surface area contributed by atoms with Crippen LogP contribution < -0.4 is 16.4 Å². The highest BCUT2D eigenvalue weighted by atomic mass is 15.0. The third kappa shape index (κ3) is 1.97. The Kier molecular flexibility index (Phi) is 2.89. The van der Waals surface area contributed by atoms with Gasteiger partial charge in [-0.3, -0.25) is 4.57 Å². The molecular formula is C28H19BN2. The molecule has 31 heavy (non-hydrogen) atoms. The second-order valence-corrected chi connectivity index (χ2v) is 9.18. The van der Waals surface area contributed by atoms with Crippen LogP contribution >= 0.6 is 0 Å². The summed E-state index contributed by atoms with van der Waals surface area (Å²) in [7, 11) is 0. The standard InChI is InChI=1S/C28H19BN2/c1-2-10-25-23(9-1)30-16-31(25)24-12-11-21-14-19-6-3-5-17-13-18-7-4-8-20-15-22(24)28(21)29(26(17)19)27(18)20/h1-12,16H,13-15H2. The molecule has 0 saturated heterocycles. The van der Waals surface area contributed by atoms with Crippen molar-refractivity contribution >= 4 is 34.1 Å². The van der Waals surface area contributed by atoms with E-state index >= 15 is 0 Å². The fourth-order valence-electron chi connectivity index (χ4n) is 6.50. The number of hydrogen-bond donors (Lipinski definition) is 0. The Morgan fingerprint density at radius 3 is 2.00 bits per heavy atom. The molecule has 0 amide bonds. The van der Waals surface area contributed by atoms with Crippen molar-refractivity contribution < 1.29 is 0 Å². The smallest absolute Gasteiger partial charge is 0.243 e. The first-order valence-electron chi connectivity index (χ1n) is 11.2. The number of benzene rings is 4. The number of nitrogens with zero attached hydrogens (tertiary/aromatic N) is 2. The van der Waals surface area contributed by atoms with Crippen molar-refractivity contribution in [3.8, 4) is 5.69 Å². The van der Waals surface area contributed by atoms with E-state index in [1.54, 1.807) is 16.4 Å². The van der Waals surface area contributed by atoms with Crippen LogP contribution in [-0.2, 0) is 19.3 Å². The van der Waals surface area contributed by atoms with Gasteiger partial charge in [-0.1, -0.05) is 71.0 Å². The maximum Gasteiger partial charge on any atom is 0.243 e. The molecule has 0 fully saturated rings. The Balaban J connectivity index is 1.48. The largest absolute Gasteiger partial charge is 0.299 e. The highest BCUT2D eigenvalue weighted by Crippen LogP contribution is 2.32. The van der Waals surface area contributed by atoms with Crippen LogP contribution in [0.3, 0.4) is 0 Å². The lowest BCUT2D eigenvalue weighted by molar-refractivity contribution is 1.03. The summed E-state index contributed by atoms with van der Waals surface area (Å²) in [5, 5.41) is 0. The fourth-order valence-corrected chi connectivity index (χ4v) is 6.50. The first-order valence-corrected chi connectivity index (χ1v) is 11.2. The van der Waals surface area contributed by atoms with Crippen LogP contribution in [0.15, 0.2) is 79.1 Å². The summed E-state index contributed by atoms with van der Waals surface area (Å²) in [5.74, 6) is 0. The molecule has 0 unspecified atom stereocenters. The molecule has 1 aromatic heterocycles. The van der Waals surface area contributed by atoms with Crippen molar-refractivity contribution in [3.63, 3.8) is 0 Å². The molecule has 4 aromatic carbocycles. The SMILES string of the molecule is c1cc2c3c(c1)Cc1ccc(-n4cnc5ccccc54)c4c1B3c1c(cccc1C4)C2. The number of fused-ring (bicyclic) bond motifs is 1. The van der Waals surface area contributed by atoms with E-state index in [2.05, 4.69) is 82.3 Å². The summed E-state index contributed by atoms with van der Waals surface area (Å²) in [6.45, 7) is 0.383. The van der Waals surface area contributed by atoms with Gasteiger partial charge in [0.1, 0.15) is 6.33 Å². The van der Waals surface area contributed by atoms with Crippen molar-refractivity contribution in [1.29, 1.82) is 0 Å². The lowest BCUT2D eigenvalue weighted by Gasteiger charge is -2.40. The molecule has 2 nitrogen and oxygen atoms in total. The predicted molar refractivity (Wildman–Crippen MR) is 127 cm³/mol. The van der Waals surface area contributed by atoms with Gasteiger partial charge in [0.2, 0.25) is 6.71 Å². The fraction of sp³-hybridized carbons (Fsp3) is 0.107. The van der Waals surface area contributed by atoms with E-state index in [1.165, 1.54) is 44.6 Å². The molecule has 0 aliphatic carbocycles. The normalized spacial score (nSPS) is 14.6. The minimum absolute atomic E-state index is 0.383. The minimum Gasteiger partial charge on any atom is -0.299 e. The molecule has 0 bridgehead atoms. The lowest BCUT2D eigenvalue weighted by Crippen LogP contribution is -2.64. The molecule has 144 valence electrons. The molecule has 3 aliphatic rings. The van der Waals surface area contributed by atoms with Gasteiger partial charge < -0.3 is 0 Å². The molecule has 8 rings (SSSR count). The zero-order valence-electron chi connectivity index (χ0n) is 17.1. The molecule has 3 aliphatic heterocycles. The lowest BCUT2D eigenvalue weighted by atomic mass is 9.28.